The van der Waals surface area contributed by atoms with E-state index in [0.717, 1.165) is 21.6 Å². The molecule has 0 aliphatic carbocycles. The molecule has 0 unspecified atom stereocenters. The smallest absolute Gasteiger partial charge is 0.134 e. The molecule has 0 fully saturated rings. The molecule has 0 atom stereocenters. The first-order valence-corrected chi connectivity index (χ1v) is 6.95. The van der Waals surface area contributed by atoms with Crippen LogP contribution in [0.5, 0.6) is 5.75 Å². The van der Waals surface area contributed by atoms with Crippen molar-refractivity contribution in [2.24, 2.45) is 0 Å². The van der Waals surface area contributed by atoms with Crippen molar-refractivity contribution in [3.8, 4) is 11.4 Å². The Balaban J connectivity index is 1.67. The van der Waals surface area contributed by atoms with E-state index in [4.69, 9.17) is 4.74 Å². The molecule has 1 heterocycles. The maximum atomic E-state index is 5.66. The molecule has 3 aromatic rings. The summed E-state index contributed by atoms with van der Waals surface area (Å²) < 4.78 is 6.69. The van der Waals surface area contributed by atoms with Crippen LogP contribution < -0.4 is 4.74 Å². The molecule has 0 radical (unpaired) electrons. The first-order valence-electron chi connectivity index (χ1n) is 6.16. The highest BCUT2D eigenvalue weighted by Crippen LogP contribution is 2.17. The number of halogens is 1. The molecule has 0 bridgehead atoms. The van der Waals surface area contributed by atoms with Crippen molar-refractivity contribution >= 4 is 15.9 Å². The third kappa shape index (κ3) is 3.05. The van der Waals surface area contributed by atoms with Crippen LogP contribution in [0.25, 0.3) is 5.69 Å². The summed E-state index contributed by atoms with van der Waals surface area (Å²) in [7, 11) is 0. The number of ether oxygens (including phenoxy) is 1. The Hall–Kier alpha value is -2.14. The highest BCUT2D eigenvalue weighted by atomic mass is 79.9. The largest absolute Gasteiger partial charge is 0.487 e. The number of para-hydroxylation sites is 1. The second kappa shape index (κ2) is 5.88. The molecule has 100 valence electrons. The van der Waals surface area contributed by atoms with E-state index >= 15 is 0 Å². The van der Waals surface area contributed by atoms with Crippen LogP contribution in [0.15, 0.2) is 65.3 Å². The minimum absolute atomic E-state index is 0.397. The molecule has 20 heavy (non-hydrogen) atoms. The molecule has 0 saturated heterocycles. The van der Waals surface area contributed by atoms with Crippen molar-refractivity contribution in [2.45, 2.75) is 6.61 Å². The molecule has 0 saturated carbocycles. The lowest BCUT2D eigenvalue weighted by Crippen LogP contribution is -2.00. The average molecular weight is 330 g/mol. The predicted molar refractivity (Wildman–Crippen MR) is 79.8 cm³/mol. The fourth-order valence-electron chi connectivity index (χ4n) is 1.73. The summed E-state index contributed by atoms with van der Waals surface area (Å²) in [5, 5.41) is 8.62. The lowest BCUT2D eigenvalue weighted by atomic mass is 10.3. The highest BCUT2D eigenvalue weighted by Gasteiger charge is 2.03. The Labute approximate surface area is 125 Å². The van der Waals surface area contributed by atoms with Gasteiger partial charge in [0.15, 0.2) is 0 Å². The van der Waals surface area contributed by atoms with E-state index in [1.165, 1.54) is 0 Å². The monoisotopic (exact) mass is 329 g/mol. The van der Waals surface area contributed by atoms with Crippen LogP contribution in [0.4, 0.5) is 0 Å². The summed E-state index contributed by atoms with van der Waals surface area (Å²) in [6.45, 7) is 0.397. The Morgan fingerprint density at radius 3 is 2.50 bits per heavy atom. The maximum absolute atomic E-state index is 5.66. The summed E-state index contributed by atoms with van der Waals surface area (Å²) in [6.07, 6.45) is 1.71. The maximum Gasteiger partial charge on any atom is 0.134 e. The molecule has 0 aliphatic rings. The first-order chi connectivity index (χ1) is 9.81. The van der Waals surface area contributed by atoms with Crippen LogP contribution in [-0.2, 0) is 6.61 Å². The summed E-state index contributed by atoms with van der Waals surface area (Å²) >= 11 is 3.39. The Kier molecular flexibility index (Phi) is 3.78. The predicted octanol–water partition coefficient (Wildman–Crippen LogP) is 3.61. The number of benzene rings is 2. The lowest BCUT2D eigenvalue weighted by molar-refractivity contribution is 0.300. The Bertz CT molecular complexity index is 680. The van der Waals surface area contributed by atoms with Gasteiger partial charge in [0.1, 0.15) is 18.1 Å². The van der Waals surface area contributed by atoms with E-state index in [1.807, 2.05) is 54.6 Å². The molecule has 5 heteroatoms. The Morgan fingerprint density at radius 1 is 1.00 bits per heavy atom. The molecule has 0 N–H and O–H groups in total. The van der Waals surface area contributed by atoms with Gasteiger partial charge in [0.2, 0.25) is 0 Å². The van der Waals surface area contributed by atoms with Gasteiger partial charge in [-0.2, -0.15) is 9.90 Å². The lowest BCUT2D eigenvalue weighted by Gasteiger charge is -2.03. The van der Waals surface area contributed by atoms with E-state index in [-0.39, 0.29) is 0 Å². The molecular formula is C15H12BrN3O. The van der Waals surface area contributed by atoms with Crippen molar-refractivity contribution in [3.63, 3.8) is 0 Å². The van der Waals surface area contributed by atoms with Crippen molar-refractivity contribution in [3.05, 3.63) is 71.0 Å². The first kappa shape index (κ1) is 12.9. The zero-order valence-electron chi connectivity index (χ0n) is 10.6. The molecule has 1 aromatic heterocycles. The number of aromatic nitrogens is 3. The summed E-state index contributed by atoms with van der Waals surface area (Å²) in [4.78, 5) is 1.60. The molecule has 4 nitrogen and oxygen atoms in total. The quantitative estimate of drug-likeness (QED) is 0.734. The number of nitrogens with zero attached hydrogens (tertiary/aromatic N) is 3. The van der Waals surface area contributed by atoms with Crippen molar-refractivity contribution in [2.75, 3.05) is 0 Å². The number of hydrogen-bond acceptors (Lipinski definition) is 3. The number of rotatable bonds is 4. The van der Waals surface area contributed by atoms with E-state index in [0.29, 0.717) is 6.61 Å². The van der Waals surface area contributed by atoms with Gasteiger partial charge in [0, 0.05) is 4.47 Å². The van der Waals surface area contributed by atoms with Gasteiger partial charge in [0.25, 0.3) is 0 Å². The minimum Gasteiger partial charge on any atom is -0.487 e. The van der Waals surface area contributed by atoms with Crippen LogP contribution in [0, 0.1) is 0 Å². The highest BCUT2D eigenvalue weighted by molar-refractivity contribution is 9.10. The molecular weight excluding hydrogens is 318 g/mol. The zero-order chi connectivity index (χ0) is 13.8. The van der Waals surface area contributed by atoms with Crippen LogP contribution in [0.2, 0.25) is 0 Å². The van der Waals surface area contributed by atoms with E-state index in [1.54, 1.807) is 11.0 Å². The molecule has 0 aliphatic heterocycles. The second-order valence-electron chi connectivity index (χ2n) is 4.20. The topological polar surface area (TPSA) is 39.9 Å². The molecule has 3 rings (SSSR count). The molecule has 0 amide bonds. The minimum atomic E-state index is 0.397. The standard InChI is InChI=1S/C15H12BrN3O/c16-12-6-8-15(9-7-12)20-11-13-10-17-19(18-13)14-4-2-1-3-5-14/h1-10H,11H2. The van der Waals surface area contributed by atoms with Gasteiger partial charge in [-0.25, -0.2) is 0 Å². The van der Waals surface area contributed by atoms with Gasteiger partial charge < -0.3 is 4.74 Å². The van der Waals surface area contributed by atoms with Gasteiger partial charge in [-0.05, 0) is 36.4 Å². The van der Waals surface area contributed by atoms with Crippen LogP contribution in [-0.4, -0.2) is 15.0 Å². The molecule has 0 spiro atoms. The van der Waals surface area contributed by atoms with Crippen LogP contribution in [0.1, 0.15) is 5.69 Å². The normalized spacial score (nSPS) is 10.4. The van der Waals surface area contributed by atoms with Crippen LogP contribution >= 0.6 is 15.9 Å². The number of hydrogen-bond donors (Lipinski definition) is 0. The Morgan fingerprint density at radius 2 is 1.75 bits per heavy atom. The summed E-state index contributed by atoms with van der Waals surface area (Å²) in [6, 6.07) is 17.5. The second-order valence-corrected chi connectivity index (χ2v) is 5.12. The van der Waals surface area contributed by atoms with Crippen molar-refractivity contribution < 1.29 is 4.74 Å². The van der Waals surface area contributed by atoms with E-state index < -0.39 is 0 Å². The third-order valence-electron chi connectivity index (χ3n) is 2.73. The van der Waals surface area contributed by atoms with Gasteiger partial charge >= 0.3 is 0 Å². The van der Waals surface area contributed by atoms with Gasteiger partial charge in [-0.15, -0.1) is 5.10 Å². The van der Waals surface area contributed by atoms with Gasteiger partial charge in [0.05, 0.1) is 11.9 Å². The van der Waals surface area contributed by atoms with E-state index in [2.05, 4.69) is 26.1 Å². The van der Waals surface area contributed by atoms with Crippen molar-refractivity contribution in [1.82, 2.24) is 15.0 Å². The summed E-state index contributed by atoms with van der Waals surface area (Å²) in [5.41, 5.74) is 1.72. The SMILES string of the molecule is Brc1ccc(OCc2cnn(-c3ccccc3)n2)cc1. The molecule has 2 aromatic carbocycles. The summed E-state index contributed by atoms with van der Waals surface area (Å²) in [5.74, 6) is 0.808. The van der Waals surface area contributed by atoms with Gasteiger partial charge in [-0.3, -0.25) is 0 Å². The van der Waals surface area contributed by atoms with E-state index in [9.17, 15) is 0 Å². The average Bonchev–Trinajstić information content (AvgIpc) is 2.97. The third-order valence-corrected chi connectivity index (χ3v) is 3.26. The fourth-order valence-corrected chi connectivity index (χ4v) is 2.00. The van der Waals surface area contributed by atoms with Gasteiger partial charge in [-0.1, -0.05) is 34.1 Å². The van der Waals surface area contributed by atoms with Crippen LogP contribution in [0.3, 0.4) is 0 Å². The fraction of sp³-hybridized carbons (Fsp3) is 0.0667. The van der Waals surface area contributed by atoms with Crippen molar-refractivity contribution in [1.29, 1.82) is 0 Å². The zero-order valence-corrected chi connectivity index (χ0v) is 12.2.